The van der Waals surface area contributed by atoms with Crippen LogP contribution in [0.25, 0.3) is 190 Å². The van der Waals surface area contributed by atoms with E-state index in [0.29, 0.717) is 33.9 Å². The van der Waals surface area contributed by atoms with E-state index in [9.17, 15) is 35.1 Å². The van der Waals surface area contributed by atoms with Gasteiger partial charge in [0.2, 0.25) is 11.6 Å². The third kappa shape index (κ3) is 12.7. The van der Waals surface area contributed by atoms with Crippen molar-refractivity contribution in [3.63, 3.8) is 0 Å². The van der Waals surface area contributed by atoms with Crippen molar-refractivity contribution in [1.82, 2.24) is 53.2 Å². The van der Waals surface area contributed by atoms with Crippen LogP contribution >= 0.6 is 11.3 Å². The lowest BCUT2D eigenvalue weighted by molar-refractivity contribution is 0.380. The summed E-state index contributed by atoms with van der Waals surface area (Å²) in [5.41, 5.74) is 14.8. The molecule has 0 atom stereocenters. The zero-order valence-corrected chi connectivity index (χ0v) is 71.5. The minimum absolute atomic E-state index is 0.0452. The summed E-state index contributed by atoms with van der Waals surface area (Å²) in [6.07, 6.45) is 7.80. The van der Waals surface area contributed by atoms with Gasteiger partial charge in [0.15, 0.2) is 75.7 Å². The SMILES string of the molecule is CC1(C)c2cn(-c3ccccc3)cc2-n2c3ccc(-c4nc(-c5ccccc5)nc(-c5ccccc5)n4)cc3c3cccc1c32.CC1(C)c2cocc2-n2c3ccc(-c4cc(-c5c(F)c(F)c(F)c(F)c5F)nc(-c5c(F)c(F)c(F)c(F)c5F)n4)cc3c3cccc1c32.[2H]c1c([2H])c([2H])c(-c2cc(-c3ccc4c(c3)c3cccc5c3n4-c3cscc3C5(C)C)nc(-c3c([2H])c([2H])c([2H])c([2H])c3[2H])n2)c([2H])c1[2H]. The van der Waals surface area contributed by atoms with Crippen molar-refractivity contribution in [3.05, 3.63) is 400 Å². The molecule has 133 heavy (non-hydrogen) atoms. The molecule has 0 radical (unpaired) electrons. The van der Waals surface area contributed by atoms with Gasteiger partial charge in [-0.15, -0.1) is 11.3 Å². The number of benzene rings is 13. The Labute approximate surface area is 770 Å². The number of furan rings is 1. The van der Waals surface area contributed by atoms with E-state index in [1.54, 1.807) is 36.0 Å². The molecule has 23 heteroatoms. The highest BCUT2D eigenvalue weighted by Crippen LogP contribution is 2.54. The third-order valence-corrected chi connectivity index (χ3v) is 26.4. The van der Waals surface area contributed by atoms with Crippen molar-refractivity contribution in [3.8, 4) is 125 Å². The smallest absolute Gasteiger partial charge is 0.200 e. The van der Waals surface area contributed by atoms with Gasteiger partial charge < -0.3 is 22.7 Å². The number of hydrogen-bond donors (Lipinski definition) is 0. The van der Waals surface area contributed by atoms with Crippen LogP contribution in [-0.4, -0.2) is 53.2 Å². The number of nitrogens with zero attached hydrogens (tertiary/aromatic N) is 11. The number of fused-ring (bicyclic) bond motifs is 15. The highest BCUT2D eigenvalue weighted by molar-refractivity contribution is 7.08. The number of rotatable bonds is 10. The Morgan fingerprint density at radius 1 is 0.286 bits per heavy atom. The van der Waals surface area contributed by atoms with Crippen LogP contribution < -0.4 is 0 Å². The first-order chi connectivity index (χ1) is 68.5. The molecule has 0 spiro atoms. The maximum absolute atomic E-state index is 15.0. The van der Waals surface area contributed by atoms with Crippen molar-refractivity contribution >= 4 is 76.8 Å². The fourth-order valence-electron chi connectivity index (χ4n) is 19.1. The van der Waals surface area contributed by atoms with E-state index in [1.165, 1.54) is 61.9 Å². The maximum Gasteiger partial charge on any atom is 0.200 e. The van der Waals surface area contributed by atoms with Crippen LogP contribution in [0.1, 0.15) is 88.6 Å². The lowest BCUT2D eigenvalue weighted by atomic mass is 9.76. The fourth-order valence-corrected chi connectivity index (χ4v) is 20.0. The molecule has 0 aliphatic carbocycles. The van der Waals surface area contributed by atoms with Gasteiger partial charge >= 0.3 is 0 Å². The second kappa shape index (κ2) is 30.6. The summed E-state index contributed by atoms with van der Waals surface area (Å²) in [7, 11) is 0. The predicted octanol–water partition coefficient (Wildman–Crippen LogP) is 28.9. The minimum atomic E-state index is -2.50. The van der Waals surface area contributed by atoms with E-state index >= 15 is 8.78 Å². The number of aromatic nitrogens is 11. The Morgan fingerprint density at radius 2 is 0.677 bits per heavy atom. The third-order valence-electron chi connectivity index (χ3n) is 25.6. The molecule has 0 saturated heterocycles. The van der Waals surface area contributed by atoms with Crippen molar-refractivity contribution in [2.45, 2.75) is 57.8 Å². The molecule has 0 bridgehead atoms. The van der Waals surface area contributed by atoms with Crippen molar-refractivity contribution < 1.29 is 62.0 Å². The maximum atomic E-state index is 15.0. The summed E-state index contributed by atoms with van der Waals surface area (Å²) in [5.74, 6) is -23.5. The first kappa shape index (κ1) is 70.9. The molecule has 0 fully saturated rings. The molecule has 13 aromatic carbocycles. The van der Waals surface area contributed by atoms with Crippen LogP contribution in [0.3, 0.4) is 0 Å². The Balaban J connectivity index is 0.000000119. The van der Waals surface area contributed by atoms with Crippen molar-refractivity contribution in [2.75, 3.05) is 0 Å². The van der Waals surface area contributed by atoms with Crippen LogP contribution in [0.5, 0.6) is 0 Å². The van der Waals surface area contributed by atoms with Crippen molar-refractivity contribution in [1.29, 1.82) is 0 Å². The average Bonchev–Trinajstić information content (AvgIpc) is 1.53. The van der Waals surface area contributed by atoms with Gasteiger partial charge in [-0.05, 0) is 94.4 Å². The highest BCUT2D eigenvalue weighted by Gasteiger charge is 2.41. The summed E-state index contributed by atoms with van der Waals surface area (Å²) < 4.78 is 243. The van der Waals surface area contributed by atoms with Gasteiger partial charge in [-0.2, -0.15) is 0 Å². The zero-order chi connectivity index (χ0) is 99.8. The molecular formula is C110H69F10N11OS. The largest absolute Gasteiger partial charge is 0.470 e. The van der Waals surface area contributed by atoms with E-state index < -0.39 is 152 Å². The molecule has 25 rings (SSSR count). The Kier molecular flexibility index (Phi) is 16.3. The molecule has 12 heterocycles. The van der Waals surface area contributed by atoms with E-state index in [4.69, 9.17) is 38.1 Å². The Hall–Kier alpha value is -16.0. The minimum Gasteiger partial charge on any atom is -0.470 e. The van der Waals surface area contributed by atoms with Gasteiger partial charge in [-0.1, -0.05) is 248 Å². The molecule has 0 amide bonds. The molecule has 0 unspecified atom stereocenters. The normalized spacial score (nSPS) is 14.5. The summed E-state index contributed by atoms with van der Waals surface area (Å²) >= 11 is 1.66. The van der Waals surface area contributed by atoms with Gasteiger partial charge in [0.1, 0.15) is 6.26 Å². The van der Waals surface area contributed by atoms with Crippen molar-refractivity contribution in [2.24, 2.45) is 0 Å². The Morgan fingerprint density at radius 3 is 1.19 bits per heavy atom. The average molecular weight is 1790 g/mol. The van der Waals surface area contributed by atoms with Gasteiger partial charge in [-0.3, -0.25) is 0 Å². The molecule has 0 N–H and O–H groups in total. The summed E-state index contributed by atoms with van der Waals surface area (Å²) in [4.78, 5) is 31.6. The van der Waals surface area contributed by atoms with E-state index in [0.717, 1.165) is 83.7 Å². The van der Waals surface area contributed by atoms with Crippen LogP contribution in [0.4, 0.5) is 43.9 Å². The van der Waals surface area contributed by atoms with Gasteiger partial charge in [0.25, 0.3) is 0 Å². The lowest BCUT2D eigenvalue weighted by Gasteiger charge is -2.32. The van der Waals surface area contributed by atoms with E-state index in [1.807, 2.05) is 122 Å². The van der Waals surface area contributed by atoms with Crippen LogP contribution in [0, 0.1) is 58.2 Å². The van der Waals surface area contributed by atoms with E-state index in [2.05, 4.69) is 158 Å². The molecule has 12 nitrogen and oxygen atoms in total. The zero-order valence-electron chi connectivity index (χ0n) is 80.7. The molecule has 3 aliphatic rings. The number of halogens is 10. The summed E-state index contributed by atoms with van der Waals surface area (Å²) in [5, 5.41) is 10.0. The second-order valence-electron chi connectivity index (χ2n) is 34.2. The topological polar surface area (TPSA) is 123 Å². The highest BCUT2D eigenvalue weighted by atomic mass is 32.1. The predicted molar refractivity (Wildman–Crippen MR) is 501 cm³/mol. The van der Waals surface area contributed by atoms with Gasteiger partial charge in [0, 0.05) is 122 Å². The Bertz CT molecular complexity index is 8600. The lowest BCUT2D eigenvalue weighted by Crippen LogP contribution is -2.24. The van der Waals surface area contributed by atoms with Crippen LogP contribution in [-0.2, 0) is 16.2 Å². The van der Waals surface area contributed by atoms with E-state index in [-0.39, 0.29) is 44.7 Å². The standard InChI is InChI=1S/C40H29N5.C35H15F10N3O.C35H25N3S/c1-40(2)32-20-12-19-30-31-23-28(39-42-37(26-13-6-3-7-14-26)41-38(43-39)27-15-8-4-9-16-27)21-22-34(31)45(36(30)32)35-25-44(24-33(35)40)29-17-10-5-11-18-29;1-35(2)15-5-3-4-13-14-8-12(6-7-19(14)48(33(13)15)20-11-49-10-16(20)35)17-9-18(21-23(36)27(40)31(44)28(41)24(21)37)47-34(46-17)22-25(38)29(42)32(45)30(43)26(22)39;1-35(2)27-15-9-14-25-26-18-24(16-17-31(26)38(33(25)27)32-21-39-20-28(32)35)30-19-29(22-10-5-3-6-11-22)36-34(37-30)23-12-7-4-8-13-23/h3-25H,1-2H3;3-11H,1-2H3;3-21H,1-2H3/i;;3D,4D,5D,6D,7D,8D,10D,11D,12D,13D. The summed E-state index contributed by atoms with van der Waals surface area (Å²) in [6.45, 7) is 13.2. The number of hydrogen-bond acceptors (Lipinski definition) is 9. The van der Waals surface area contributed by atoms with Crippen LogP contribution in [0.15, 0.2) is 313 Å². The fraction of sp³-hybridized carbons (Fsp3) is 0.0818. The second-order valence-corrected chi connectivity index (χ2v) is 34.9. The molecule has 0 saturated carbocycles. The summed E-state index contributed by atoms with van der Waals surface area (Å²) in [6, 6.07) is 63.4. The quantitative estimate of drug-likeness (QED) is 0.0754. The first-order valence-electron chi connectivity index (χ1n) is 47.0. The molecule has 9 aromatic heterocycles. The molecule has 22 aromatic rings. The van der Waals surface area contributed by atoms with Gasteiger partial charge in [0.05, 0.1) is 104 Å². The first-order valence-corrected chi connectivity index (χ1v) is 43.0. The molecule has 646 valence electrons. The number of thiophene rings is 1. The number of para-hydroxylation sites is 4. The van der Waals surface area contributed by atoms with Gasteiger partial charge in [-0.25, -0.2) is 78.8 Å². The monoisotopic (exact) mass is 1790 g/mol. The molecular weight excluding hydrogens is 1710 g/mol. The molecule has 3 aliphatic heterocycles. The van der Waals surface area contributed by atoms with Crippen LogP contribution in [0.2, 0.25) is 0 Å².